The molecule has 0 aliphatic carbocycles. The average molecular weight is 294 g/mol. The third-order valence-electron chi connectivity index (χ3n) is 3.70. The molecule has 21 heavy (non-hydrogen) atoms. The highest BCUT2D eigenvalue weighted by molar-refractivity contribution is 5.76. The highest BCUT2D eigenvalue weighted by Gasteiger charge is 2.30. The van der Waals surface area contributed by atoms with Crippen LogP contribution in [-0.2, 0) is 20.8 Å². The van der Waals surface area contributed by atoms with Gasteiger partial charge in [-0.15, -0.1) is 0 Å². The molecule has 0 amide bonds. The first-order valence-corrected chi connectivity index (χ1v) is 6.67. The number of rotatable bonds is 4. The maximum Gasteiger partial charge on any atom is 0.325 e. The molecule has 7 nitrogen and oxygen atoms in total. The normalized spacial score (nSPS) is 19.2. The van der Waals surface area contributed by atoms with Gasteiger partial charge in [0.2, 0.25) is 0 Å². The zero-order chi connectivity index (χ0) is 15.4. The highest BCUT2D eigenvalue weighted by Crippen LogP contribution is 2.23. The van der Waals surface area contributed by atoms with Crippen molar-refractivity contribution in [1.82, 2.24) is 4.90 Å². The lowest BCUT2D eigenvalue weighted by atomic mass is 10.1. The Morgan fingerprint density at radius 3 is 3.00 bits per heavy atom. The Morgan fingerprint density at radius 2 is 2.33 bits per heavy atom. The van der Waals surface area contributed by atoms with Crippen molar-refractivity contribution in [2.24, 2.45) is 0 Å². The average Bonchev–Trinajstić information content (AvgIpc) is 2.49. The van der Waals surface area contributed by atoms with Crippen LogP contribution in [0.4, 0.5) is 5.69 Å². The summed E-state index contributed by atoms with van der Waals surface area (Å²) in [5.74, 6) is -0.349. The number of hydrogen-bond donors (Lipinski definition) is 0. The second-order valence-electron chi connectivity index (χ2n) is 4.90. The first-order valence-electron chi connectivity index (χ1n) is 6.67. The van der Waals surface area contributed by atoms with Gasteiger partial charge in [0.15, 0.2) is 0 Å². The maximum atomic E-state index is 11.8. The van der Waals surface area contributed by atoms with Crippen molar-refractivity contribution < 1.29 is 19.2 Å². The number of esters is 1. The van der Waals surface area contributed by atoms with Crippen LogP contribution in [0.15, 0.2) is 18.2 Å². The van der Waals surface area contributed by atoms with E-state index in [9.17, 15) is 14.9 Å². The van der Waals surface area contributed by atoms with Gasteiger partial charge in [0.25, 0.3) is 5.69 Å². The fourth-order valence-corrected chi connectivity index (χ4v) is 2.44. The molecule has 1 aromatic carbocycles. The van der Waals surface area contributed by atoms with Crippen LogP contribution in [0.5, 0.6) is 0 Å². The summed E-state index contributed by atoms with van der Waals surface area (Å²) in [4.78, 5) is 24.3. The van der Waals surface area contributed by atoms with Gasteiger partial charge in [0.05, 0.1) is 25.2 Å². The van der Waals surface area contributed by atoms with Crippen LogP contribution in [0.2, 0.25) is 0 Å². The summed E-state index contributed by atoms with van der Waals surface area (Å²) in [5.41, 5.74) is 1.55. The van der Waals surface area contributed by atoms with Gasteiger partial charge in [0, 0.05) is 24.7 Å². The summed E-state index contributed by atoms with van der Waals surface area (Å²) in [5, 5.41) is 11.0. The van der Waals surface area contributed by atoms with E-state index in [0.29, 0.717) is 25.3 Å². The van der Waals surface area contributed by atoms with Crippen molar-refractivity contribution in [2.75, 3.05) is 26.9 Å². The summed E-state index contributed by atoms with van der Waals surface area (Å²) >= 11 is 0. The first kappa shape index (κ1) is 15.4. The summed E-state index contributed by atoms with van der Waals surface area (Å²) in [6, 6.07) is 4.51. The summed E-state index contributed by atoms with van der Waals surface area (Å²) in [6.07, 6.45) is 0. The number of benzene rings is 1. The van der Waals surface area contributed by atoms with E-state index in [1.165, 1.54) is 13.2 Å². The Labute approximate surface area is 122 Å². The van der Waals surface area contributed by atoms with E-state index < -0.39 is 11.0 Å². The van der Waals surface area contributed by atoms with E-state index in [1.54, 1.807) is 13.0 Å². The number of hydrogen-bond acceptors (Lipinski definition) is 6. The van der Waals surface area contributed by atoms with Gasteiger partial charge < -0.3 is 9.47 Å². The number of nitro groups is 1. The third kappa shape index (κ3) is 3.37. The molecule has 1 fully saturated rings. The number of carbonyl (C=O) groups excluding carboxylic acids is 1. The van der Waals surface area contributed by atoms with Crippen LogP contribution >= 0.6 is 0 Å². The van der Waals surface area contributed by atoms with Crippen LogP contribution in [0.1, 0.15) is 11.1 Å². The molecule has 0 bridgehead atoms. The Kier molecular flexibility index (Phi) is 4.87. The van der Waals surface area contributed by atoms with Crippen LogP contribution in [0, 0.1) is 17.0 Å². The molecular formula is C14H18N2O5. The van der Waals surface area contributed by atoms with Crippen LogP contribution in [0.25, 0.3) is 0 Å². The lowest BCUT2D eigenvalue weighted by molar-refractivity contribution is -0.385. The number of carbonyl (C=O) groups is 1. The van der Waals surface area contributed by atoms with Gasteiger partial charge >= 0.3 is 5.97 Å². The van der Waals surface area contributed by atoms with Crippen molar-refractivity contribution in [3.8, 4) is 0 Å². The van der Waals surface area contributed by atoms with E-state index in [2.05, 4.69) is 0 Å². The van der Waals surface area contributed by atoms with E-state index >= 15 is 0 Å². The molecule has 0 saturated carbocycles. The molecule has 0 N–H and O–H groups in total. The zero-order valence-corrected chi connectivity index (χ0v) is 12.1. The predicted molar refractivity (Wildman–Crippen MR) is 74.9 cm³/mol. The SMILES string of the molecule is COC(=O)C1COCCN1Cc1cccc([N+](=O)[O-])c1C. The zero-order valence-electron chi connectivity index (χ0n) is 12.1. The Balaban J connectivity index is 2.21. The van der Waals surface area contributed by atoms with Gasteiger partial charge in [-0.3, -0.25) is 19.8 Å². The monoisotopic (exact) mass is 294 g/mol. The fraction of sp³-hybridized carbons (Fsp3) is 0.500. The van der Waals surface area contributed by atoms with E-state index in [4.69, 9.17) is 9.47 Å². The molecule has 2 rings (SSSR count). The molecule has 1 saturated heterocycles. The smallest absolute Gasteiger partial charge is 0.325 e. The number of nitro benzene ring substituents is 1. The number of morpholine rings is 1. The summed E-state index contributed by atoms with van der Waals surface area (Å²) in [7, 11) is 1.34. The maximum absolute atomic E-state index is 11.8. The second kappa shape index (κ2) is 6.64. The molecular weight excluding hydrogens is 276 g/mol. The standard InChI is InChI=1S/C14H18N2O5/c1-10-11(4-3-5-12(10)16(18)19)8-15-6-7-21-9-13(15)14(17)20-2/h3-5,13H,6-9H2,1-2H3. The van der Waals surface area contributed by atoms with Gasteiger partial charge in [0.1, 0.15) is 6.04 Å². The van der Waals surface area contributed by atoms with Crippen molar-refractivity contribution in [3.05, 3.63) is 39.4 Å². The molecule has 1 aliphatic heterocycles. The highest BCUT2D eigenvalue weighted by atomic mass is 16.6. The van der Waals surface area contributed by atoms with Crippen molar-refractivity contribution in [3.63, 3.8) is 0 Å². The minimum absolute atomic E-state index is 0.0929. The van der Waals surface area contributed by atoms with Gasteiger partial charge in [-0.25, -0.2) is 0 Å². The molecule has 1 aromatic rings. The van der Waals surface area contributed by atoms with Crippen LogP contribution in [0.3, 0.4) is 0 Å². The van der Waals surface area contributed by atoms with Gasteiger partial charge in [-0.05, 0) is 12.5 Å². The lowest BCUT2D eigenvalue weighted by Crippen LogP contribution is -2.49. The van der Waals surface area contributed by atoms with Crippen LogP contribution < -0.4 is 0 Å². The predicted octanol–water partition coefficient (Wildman–Crippen LogP) is 1.28. The number of methoxy groups -OCH3 is 1. The third-order valence-corrected chi connectivity index (χ3v) is 3.70. The summed E-state index contributed by atoms with van der Waals surface area (Å²) < 4.78 is 10.1. The minimum Gasteiger partial charge on any atom is -0.468 e. The Bertz CT molecular complexity index is 546. The quantitative estimate of drug-likeness (QED) is 0.472. The van der Waals surface area contributed by atoms with Gasteiger partial charge in [-0.2, -0.15) is 0 Å². The van der Waals surface area contributed by atoms with E-state index in [1.807, 2.05) is 11.0 Å². The molecule has 7 heteroatoms. The largest absolute Gasteiger partial charge is 0.468 e. The molecule has 1 aliphatic rings. The topological polar surface area (TPSA) is 81.9 Å². The fourth-order valence-electron chi connectivity index (χ4n) is 2.44. The number of nitrogens with zero attached hydrogens (tertiary/aromatic N) is 2. The molecule has 1 heterocycles. The Hall–Kier alpha value is -1.99. The Morgan fingerprint density at radius 1 is 1.57 bits per heavy atom. The lowest BCUT2D eigenvalue weighted by Gasteiger charge is -2.33. The van der Waals surface area contributed by atoms with E-state index in [-0.39, 0.29) is 18.3 Å². The molecule has 1 atom stereocenters. The molecule has 1 unspecified atom stereocenters. The van der Waals surface area contributed by atoms with E-state index in [0.717, 1.165) is 5.56 Å². The van der Waals surface area contributed by atoms with Crippen LogP contribution in [-0.4, -0.2) is 48.7 Å². The van der Waals surface area contributed by atoms with Gasteiger partial charge in [-0.1, -0.05) is 12.1 Å². The molecule has 0 radical (unpaired) electrons. The van der Waals surface area contributed by atoms with Crippen molar-refractivity contribution in [2.45, 2.75) is 19.5 Å². The summed E-state index contributed by atoms with van der Waals surface area (Å²) in [6.45, 7) is 3.57. The van der Waals surface area contributed by atoms with Crippen molar-refractivity contribution in [1.29, 1.82) is 0 Å². The second-order valence-corrected chi connectivity index (χ2v) is 4.90. The van der Waals surface area contributed by atoms with Crippen molar-refractivity contribution >= 4 is 11.7 Å². The molecule has 0 aromatic heterocycles. The molecule has 0 spiro atoms. The minimum atomic E-state index is -0.470. The molecule has 114 valence electrons. The first-order chi connectivity index (χ1) is 10.0. The number of ether oxygens (including phenoxy) is 2.